The summed E-state index contributed by atoms with van der Waals surface area (Å²) in [5, 5.41) is 5.00. The number of hydrogen-bond acceptors (Lipinski definition) is 2. The molecule has 1 fully saturated rings. The Morgan fingerprint density at radius 2 is 0.851 bits per heavy atom. The van der Waals surface area contributed by atoms with Gasteiger partial charge in [0.2, 0.25) is 0 Å². The van der Waals surface area contributed by atoms with E-state index in [4.69, 9.17) is 9.31 Å². The fourth-order valence-corrected chi connectivity index (χ4v) is 6.67. The van der Waals surface area contributed by atoms with Crippen molar-refractivity contribution in [2.75, 3.05) is 0 Å². The summed E-state index contributed by atoms with van der Waals surface area (Å²) in [6.45, 7) is 8.37. The van der Waals surface area contributed by atoms with Crippen molar-refractivity contribution in [1.82, 2.24) is 0 Å². The van der Waals surface area contributed by atoms with Crippen molar-refractivity contribution in [2.45, 2.75) is 38.9 Å². The highest BCUT2D eigenvalue weighted by atomic mass is 16.7. The Labute approximate surface area is 277 Å². The molecule has 0 unspecified atom stereocenters. The van der Waals surface area contributed by atoms with E-state index in [1.165, 1.54) is 60.5 Å². The van der Waals surface area contributed by atoms with Crippen LogP contribution in [0.25, 0.3) is 66.1 Å². The predicted octanol–water partition coefficient (Wildman–Crippen LogP) is 11.0. The van der Waals surface area contributed by atoms with E-state index >= 15 is 0 Å². The van der Waals surface area contributed by atoms with Gasteiger partial charge in [-0.2, -0.15) is 0 Å². The Hall–Kier alpha value is -4.96. The summed E-state index contributed by atoms with van der Waals surface area (Å²) in [5.74, 6) is 0. The molecule has 7 aromatic carbocycles. The van der Waals surface area contributed by atoms with Gasteiger partial charge in [0.05, 0.1) is 11.2 Å². The molecule has 0 radical (unpaired) electrons. The fraction of sp³-hybridized carbons (Fsp3) is 0.136. The molecule has 1 aliphatic rings. The summed E-state index contributed by atoms with van der Waals surface area (Å²) in [6.07, 6.45) is 0. The van der Waals surface area contributed by atoms with Crippen molar-refractivity contribution in [3.63, 3.8) is 0 Å². The van der Waals surface area contributed by atoms with Crippen molar-refractivity contribution in [3.8, 4) is 44.5 Å². The molecule has 47 heavy (non-hydrogen) atoms. The highest BCUT2D eigenvalue weighted by molar-refractivity contribution is 6.62. The van der Waals surface area contributed by atoms with Crippen molar-refractivity contribution < 1.29 is 9.31 Å². The van der Waals surface area contributed by atoms with Crippen LogP contribution in [0.2, 0.25) is 0 Å². The largest absolute Gasteiger partial charge is 0.494 e. The maximum atomic E-state index is 6.33. The normalized spacial score (nSPS) is 15.4. The second kappa shape index (κ2) is 11.4. The number of rotatable bonds is 5. The molecule has 1 aliphatic heterocycles. The number of hydrogen-bond donors (Lipinski definition) is 0. The van der Waals surface area contributed by atoms with Gasteiger partial charge < -0.3 is 9.31 Å². The molecule has 3 heteroatoms. The van der Waals surface area contributed by atoms with Gasteiger partial charge in [-0.15, -0.1) is 0 Å². The van der Waals surface area contributed by atoms with Crippen LogP contribution in [0.3, 0.4) is 0 Å². The molecule has 0 bridgehead atoms. The first-order valence-electron chi connectivity index (χ1n) is 16.4. The van der Waals surface area contributed by atoms with Gasteiger partial charge >= 0.3 is 7.12 Å². The summed E-state index contributed by atoms with van der Waals surface area (Å²) in [7, 11) is -0.380. The summed E-state index contributed by atoms with van der Waals surface area (Å²) < 4.78 is 12.7. The van der Waals surface area contributed by atoms with Gasteiger partial charge in [0.25, 0.3) is 0 Å². The zero-order chi connectivity index (χ0) is 32.2. The first-order valence-corrected chi connectivity index (χ1v) is 16.4. The van der Waals surface area contributed by atoms with Crippen LogP contribution in [0.5, 0.6) is 0 Å². The highest BCUT2D eigenvalue weighted by Crippen LogP contribution is 2.37. The molecule has 0 atom stereocenters. The van der Waals surface area contributed by atoms with Crippen LogP contribution in [0, 0.1) is 0 Å². The SMILES string of the molecule is CC1(C)OB(c2cccc(-c3cccc(-c4ccc5cc(-c6cccc(-c7cccc8ccccc78)c6)ccc5c4)c3)c2)OC1(C)C. The smallest absolute Gasteiger partial charge is 0.399 e. The number of benzene rings is 7. The molecule has 2 nitrogen and oxygen atoms in total. The Balaban J connectivity index is 1.08. The second-order valence-electron chi connectivity index (χ2n) is 13.7. The zero-order valence-corrected chi connectivity index (χ0v) is 27.3. The third-order valence-corrected chi connectivity index (χ3v) is 10.1. The van der Waals surface area contributed by atoms with E-state index in [0.717, 1.165) is 11.0 Å². The molecule has 0 saturated carbocycles. The van der Waals surface area contributed by atoms with E-state index in [1.807, 2.05) is 0 Å². The third-order valence-electron chi connectivity index (χ3n) is 10.1. The van der Waals surface area contributed by atoms with Gasteiger partial charge in [-0.3, -0.25) is 0 Å². The molecule has 8 rings (SSSR count). The molecule has 0 N–H and O–H groups in total. The predicted molar refractivity (Wildman–Crippen MR) is 199 cm³/mol. The Bertz CT molecular complexity index is 2260. The van der Waals surface area contributed by atoms with Crippen LogP contribution < -0.4 is 5.46 Å². The average molecular weight is 609 g/mol. The van der Waals surface area contributed by atoms with Gasteiger partial charge in [0.15, 0.2) is 0 Å². The van der Waals surface area contributed by atoms with E-state index in [1.54, 1.807) is 0 Å². The monoisotopic (exact) mass is 608 g/mol. The molecular formula is C44H37BO2. The van der Waals surface area contributed by atoms with Gasteiger partial charge in [-0.1, -0.05) is 127 Å². The molecule has 0 amide bonds. The summed E-state index contributed by atoms with van der Waals surface area (Å²) in [6, 6.07) is 54.9. The Kier molecular flexibility index (Phi) is 7.13. The summed E-state index contributed by atoms with van der Waals surface area (Å²) in [5.41, 5.74) is 9.94. The minimum atomic E-state index is -0.380. The lowest BCUT2D eigenvalue weighted by atomic mass is 9.78. The van der Waals surface area contributed by atoms with Crippen LogP contribution in [-0.2, 0) is 9.31 Å². The Morgan fingerprint density at radius 1 is 0.383 bits per heavy atom. The maximum absolute atomic E-state index is 6.33. The van der Waals surface area contributed by atoms with Gasteiger partial charge in [-0.05, 0) is 123 Å². The van der Waals surface area contributed by atoms with Crippen LogP contribution in [0.1, 0.15) is 27.7 Å². The van der Waals surface area contributed by atoms with Crippen LogP contribution in [0.4, 0.5) is 0 Å². The first kappa shape index (κ1) is 29.4. The molecule has 1 heterocycles. The third kappa shape index (κ3) is 5.46. The van der Waals surface area contributed by atoms with Gasteiger partial charge in [-0.25, -0.2) is 0 Å². The average Bonchev–Trinajstić information content (AvgIpc) is 3.33. The van der Waals surface area contributed by atoms with Gasteiger partial charge in [0.1, 0.15) is 0 Å². The topological polar surface area (TPSA) is 18.5 Å². The minimum absolute atomic E-state index is 0.369. The molecular weight excluding hydrogens is 571 g/mol. The maximum Gasteiger partial charge on any atom is 0.494 e. The van der Waals surface area contributed by atoms with Crippen LogP contribution in [-0.4, -0.2) is 18.3 Å². The van der Waals surface area contributed by atoms with Gasteiger partial charge in [0, 0.05) is 0 Å². The van der Waals surface area contributed by atoms with Crippen molar-refractivity contribution in [1.29, 1.82) is 0 Å². The lowest BCUT2D eigenvalue weighted by molar-refractivity contribution is 0.00578. The molecule has 0 aromatic heterocycles. The van der Waals surface area contributed by atoms with Crippen molar-refractivity contribution in [3.05, 3.63) is 152 Å². The standard InChI is InChI=1S/C44H37BO2/c1-43(2)44(3,4)47-45(46-43)40-18-9-16-34(29-40)31-13-7-14-32(25-31)35-21-23-38-27-36(22-24-37(38)26-35)33-15-8-17-39(28-33)42-20-10-12-30-11-5-6-19-41(30)42/h5-29H,1-4H3. The zero-order valence-electron chi connectivity index (χ0n) is 27.3. The fourth-order valence-electron chi connectivity index (χ4n) is 6.67. The molecule has 228 valence electrons. The lowest BCUT2D eigenvalue weighted by Crippen LogP contribution is -2.41. The quantitative estimate of drug-likeness (QED) is 0.181. The van der Waals surface area contributed by atoms with E-state index in [0.29, 0.717) is 0 Å². The second-order valence-corrected chi connectivity index (χ2v) is 13.7. The van der Waals surface area contributed by atoms with Crippen molar-refractivity contribution >= 4 is 34.1 Å². The first-order chi connectivity index (χ1) is 22.7. The lowest BCUT2D eigenvalue weighted by Gasteiger charge is -2.32. The van der Waals surface area contributed by atoms with Crippen molar-refractivity contribution in [2.24, 2.45) is 0 Å². The van der Waals surface area contributed by atoms with E-state index in [9.17, 15) is 0 Å². The number of fused-ring (bicyclic) bond motifs is 2. The van der Waals surface area contributed by atoms with E-state index in [2.05, 4.69) is 179 Å². The molecule has 0 spiro atoms. The summed E-state index contributed by atoms with van der Waals surface area (Å²) in [4.78, 5) is 0. The van der Waals surface area contributed by atoms with E-state index in [-0.39, 0.29) is 18.3 Å². The summed E-state index contributed by atoms with van der Waals surface area (Å²) >= 11 is 0. The molecule has 7 aromatic rings. The minimum Gasteiger partial charge on any atom is -0.399 e. The highest BCUT2D eigenvalue weighted by Gasteiger charge is 2.51. The molecule has 0 aliphatic carbocycles. The van der Waals surface area contributed by atoms with E-state index < -0.39 is 0 Å². The van der Waals surface area contributed by atoms with Crippen LogP contribution >= 0.6 is 0 Å². The Morgan fingerprint density at radius 3 is 1.49 bits per heavy atom. The van der Waals surface area contributed by atoms with Crippen LogP contribution in [0.15, 0.2) is 152 Å². The molecule has 1 saturated heterocycles.